The normalized spacial score (nSPS) is 19.2. The summed E-state index contributed by atoms with van der Waals surface area (Å²) in [6.45, 7) is 3.69. The van der Waals surface area contributed by atoms with Gasteiger partial charge in [0, 0.05) is 17.5 Å². The Kier molecular flexibility index (Phi) is 4.91. The van der Waals surface area contributed by atoms with Gasteiger partial charge >= 0.3 is 0 Å². The minimum Gasteiger partial charge on any atom is -0.379 e. The van der Waals surface area contributed by atoms with E-state index >= 15 is 0 Å². The maximum Gasteiger partial charge on any atom is 0.102 e. The first-order chi connectivity index (χ1) is 8.85. The van der Waals surface area contributed by atoms with Crippen molar-refractivity contribution >= 4 is 17.4 Å². The van der Waals surface area contributed by atoms with Crippen LogP contribution in [0.2, 0.25) is 0 Å². The van der Waals surface area contributed by atoms with E-state index in [1.807, 2.05) is 18.2 Å². The minimum absolute atomic E-state index is 0.327. The zero-order valence-electron chi connectivity index (χ0n) is 10.6. The van der Waals surface area contributed by atoms with Crippen LogP contribution in [0.25, 0.3) is 0 Å². The smallest absolute Gasteiger partial charge is 0.102 e. The molecule has 96 valence electrons. The molecule has 1 unspecified atom stereocenters. The fourth-order valence-electron chi connectivity index (χ4n) is 2.12. The third kappa shape index (κ3) is 3.18. The number of thioether (sulfide) groups is 1. The second kappa shape index (κ2) is 6.67. The van der Waals surface area contributed by atoms with Crippen LogP contribution >= 0.6 is 11.8 Å². The molecule has 0 radical (unpaired) electrons. The monoisotopic (exact) mass is 262 g/mol. The highest BCUT2D eigenvalue weighted by Gasteiger charge is 2.16. The number of nitrogens with zero attached hydrogens (tertiary/aromatic N) is 1. The lowest BCUT2D eigenvalue weighted by Crippen LogP contribution is -2.30. The van der Waals surface area contributed by atoms with Gasteiger partial charge in [-0.1, -0.05) is 13.0 Å². The van der Waals surface area contributed by atoms with E-state index in [4.69, 9.17) is 4.74 Å². The van der Waals surface area contributed by atoms with Gasteiger partial charge in [-0.2, -0.15) is 5.26 Å². The van der Waals surface area contributed by atoms with Crippen molar-refractivity contribution in [3.8, 4) is 6.07 Å². The molecule has 1 heterocycles. The number of rotatable bonds is 4. The Morgan fingerprint density at radius 1 is 1.56 bits per heavy atom. The number of nitrogens with one attached hydrogen (secondary N) is 1. The maximum absolute atomic E-state index is 9.32. The Labute approximate surface area is 113 Å². The number of nitriles is 1. The molecule has 1 fully saturated rings. The van der Waals surface area contributed by atoms with E-state index in [9.17, 15) is 5.26 Å². The van der Waals surface area contributed by atoms with Crippen LogP contribution in [0.15, 0.2) is 23.1 Å². The molecule has 4 heteroatoms. The number of hydrogen-bond donors (Lipinski definition) is 1. The summed E-state index contributed by atoms with van der Waals surface area (Å²) in [7, 11) is 0. The minimum atomic E-state index is 0.327. The van der Waals surface area contributed by atoms with E-state index in [2.05, 4.69) is 18.3 Å². The lowest BCUT2D eigenvalue weighted by molar-refractivity contribution is 0.0876. The summed E-state index contributed by atoms with van der Waals surface area (Å²) < 4.78 is 5.45. The van der Waals surface area contributed by atoms with E-state index in [0.717, 1.165) is 48.0 Å². The lowest BCUT2D eigenvalue weighted by Gasteiger charge is -2.25. The Balaban J connectivity index is 2.16. The molecule has 1 saturated heterocycles. The van der Waals surface area contributed by atoms with Gasteiger partial charge in [-0.05, 0) is 30.7 Å². The van der Waals surface area contributed by atoms with E-state index in [1.54, 1.807) is 11.8 Å². The van der Waals surface area contributed by atoms with E-state index in [0.29, 0.717) is 6.04 Å². The second-order valence-corrected chi connectivity index (χ2v) is 5.59. The molecular formula is C14H18N2OS. The summed E-state index contributed by atoms with van der Waals surface area (Å²) in [4.78, 5) is 1.06. The van der Waals surface area contributed by atoms with Crippen molar-refractivity contribution in [3.63, 3.8) is 0 Å². The average molecular weight is 262 g/mol. The largest absolute Gasteiger partial charge is 0.379 e. The summed E-state index contributed by atoms with van der Waals surface area (Å²) in [5, 5.41) is 12.8. The summed E-state index contributed by atoms with van der Waals surface area (Å²) in [5.41, 5.74) is 1.70. The Morgan fingerprint density at radius 2 is 2.44 bits per heavy atom. The second-order valence-electron chi connectivity index (χ2n) is 4.28. The zero-order chi connectivity index (χ0) is 12.8. The van der Waals surface area contributed by atoms with Crippen molar-refractivity contribution in [2.24, 2.45) is 0 Å². The quantitative estimate of drug-likeness (QED) is 0.846. The molecule has 1 aliphatic rings. The molecule has 0 aliphatic carbocycles. The van der Waals surface area contributed by atoms with Gasteiger partial charge in [0.2, 0.25) is 0 Å². The van der Waals surface area contributed by atoms with Gasteiger partial charge in [-0.3, -0.25) is 0 Å². The summed E-state index contributed by atoms with van der Waals surface area (Å²) in [6, 6.07) is 8.63. The predicted octanol–water partition coefficient (Wildman–Crippen LogP) is 3.26. The molecule has 0 saturated carbocycles. The molecule has 0 amide bonds. The van der Waals surface area contributed by atoms with Gasteiger partial charge in [0.25, 0.3) is 0 Å². The van der Waals surface area contributed by atoms with E-state index < -0.39 is 0 Å². The number of hydrogen-bond acceptors (Lipinski definition) is 4. The molecule has 0 bridgehead atoms. The highest BCUT2D eigenvalue weighted by Crippen LogP contribution is 2.28. The summed E-state index contributed by atoms with van der Waals surface area (Å²) in [6.07, 6.45) is 2.19. The van der Waals surface area contributed by atoms with Gasteiger partial charge in [0.05, 0.1) is 17.9 Å². The molecule has 3 nitrogen and oxygen atoms in total. The van der Waals surface area contributed by atoms with Crippen molar-refractivity contribution in [2.75, 3.05) is 24.3 Å². The first-order valence-corrected chi connectivity index (χ1v) is 7.34. The first-order valence-electron chi connectivity index (χ1n) is 6.35. The molecule has 1 aliphatic heterocycles. The van der Waals surface area contributed by atoms with Crippen LogP contribution in [0.1, 0.15) is 25.3 Å². The Morgan fingerprint density at radius 3 is 3.11 bits per heavy atom. The van der Waals surface area contributed by atoms with E-state index in [1.165, 1.54) is 0 Å². The highest BCUT2D eigenvalue weighted by atomic mass is 32.2. The average Bonchev–Trinajstić information content (AvgIpc) is 2.41. The highest BCUT2D eigenvalue weighted by molar-refractivity contribution is 7.99. The zero-order valence-corrected chi connectivity index (χ0v) is 11.4. The fraction of sp³-hybridized carbons (Fsp3) is 0.500. The molecular weight excluding hydrogens is 244 g/mol. The predicted molar refractivity (Wildman–Crippen MR) is 75.0 cm³/mol. The van der Waals surface area contributed by atoms with Gasteiger partial charge < -0.3 is 10.1 Å². The molecule has 0 aromatic heterocycles. The molecule has 1 aromatic rings. The van der Waals surface area contributed by atoms with Crippen LogP contribution in [0.4, 0.5) is 5.69 Å². The molecule has 18 heavy (non-hydrogen) atoms. The maximum atomic E-state index is 9.32. The van der Waals surface area contributed by atoms with Crippen LogP contribution in [0.3, 0.4) is 0 Å². The summed E-state index contributed by atoms with van der Waals surface area (Å²) in [5.74, 6) is 0.977. The van der Waals surface area contributed by atoms with Crippen LogP contribution in [0, 0.1) is 11.3 Å². The Hall–Kier alpha value is -1.18. The molecule has 0 spiro atoms. The third-order valence-electron chi connectivity index (χ3n) is 2.96. The van der Waals surface area contributed by atoms with Gasteiger partial charge in [-0.25, -0.2) is 0 Å². The topological polar surface area (TPSA) is 45.0 Å². The van der Waals surface area contributed by atoms with Crippen LogP contribution < -0.4 is 5.32 Å². The third-order valence-corrected chi connectivity index (χ3v) is 3.90. The number of ether oxygens (including phenoxy) is 1. The van der Waals surface area contributed by atoms with Gasteiger partial charge in [0.1, 0.15) is 6.07 Å². The molecule has 1 N–H and O–H groups in total. The standard InChI is InChI=1S/C14H18N2OS/c1-2-18-14-7-3-6-13(12(14)9-15)16-11-5-4-8-17-10-11/h3,6-7,11,16H,2,4-5,8,10H2,1H3. The lowest BCUT2D eigenvalue weighted by atomic mass is 10.1. The van der Waals surface area contributed by atoms with Crippen LogP contribution in [-0.2, 0) is 4.74 Å². The Bertz CT molecular complexity index is 436. The number of benzene rings is 1. The first kappa shape index (κ1) is 13.3. The molecule has 1 atom stereocenters. The van der Waals surface area contributed by atoms with Crippen molar-refractivity contribution < 1.29 is 4.74 Å². The van der Waals surface area contributed by atoms with Crippen molar-refractivity contribution in [2.45, 2.75) is 30.7 Å². The van der Waals surface area contributed by atoms with Crippen LogP contribution in [0.5, 0.6) is 0 Å². The fourth-order valence-corrected chi connectivity index (χ4v) is 2.90. The SMILES string of the molecule is CCSc1cccc(NC2CCCOC2)c1C#N. The molecule has 2 rings (SSSR count). The van der Waals surface area contributed by atoms with Crippen molar-refractivity contribution in [3.05, 3.63) is 23.8 Å². The van der Waals surface area contributed by atoms with Crippen molar-refractivity contribution in [1.82, 2.24) is 0 Å². The van der Waals surface area contributed by atoms with Crippen LogP contribution in [-0.4, -0.2) is 25.0 Å². The number of anilines is 1. The molecule has 1 aromatic carbocycles. The van der Waals surface area contributed by atoms with Gasteiger partial charge in [0.15, 0.2) is 0 Å². The van der Waals surface area contributed by atoms with E-state index in [-0.39, 0.29) is 0 Å². The van der Waals surface area contributed by atoms with Gasteiger partial charge in [-0.15, -0.1) is 11.8 Å². The summed E-state index contributed by atoms with van der Waals surface area (Å²) >= 11 is 1.71. The van der Waals surface area contributed by atoms with Crippen molar-refractivity contribution in [1.29, 1.82) is 5.26 Å².